The Kier molecular flexibility index (Phi) is 18.1. The normalized spacial score (nSPS) is 19.5. The van der Waals surface area contributed by atoms with Crippen molar-refractivity contribution >= 4 is 19.8 Å². The van der Waals surface area contributed by atoms with Crippen LogP contribution in [-0.2, 0) is 37.4 Å². The van der Waals surface area contributed by atoms with Crippen LogP contribution >= 0.6 is 7.82 Å². The summed E-state index contributed by atoms with van der Waals surface area (Å²) in [4.78, 5) is 35.4. The van der Waals surface area contributed by atoms with Crippen molar-refractivity contribution in [1.29, 1.82) is 0 Å². The monoisotopic (exact) mass is 577 g/mol. The molecule has 0 N–H and O–H groups in total. The fraction of sp³-hybridized carbons (Fsp3) is 0.857. The second-order valence-corrected chi connectivity index (χ2v) is 12.6. The number of rotatable bonds is 24. The largest absolute Gasteiger partial charge is 0.756 e. The zero-order chi connectivity index (χ0) is 29.2. The van der Waals surface area contributed by atoms with Gasteiger partial charge in [0.15, 0.2) is 6.10 Å². The molecule has 1 aliphatic rings. The van der Waals surface area contributed by atoms with Crippen LogP contribution in [0, 0.1) is 0 Å². The third-order valence-corrected chi connectivity index (χ3v) is 7.23. The van der Waals surface area contributed by atoms with Crippen molar-refractivity contribution in [3.05, 3.63) is 12.2 Å². The van der Waals surface area contributed by atoms with Crippen LogP contribution in [0.3, 0.4) is 0 Å². The lowest BCUT2D eigenvalue weighted by Gasteiger charge is -2.28. The van der Waals surface area contributed by atoms with E-state index in [0.29, 0.717) is 29.7 Å². The Morgan fingerprint density at radius 1 is 0.974 bits per heavy atom. The molecule has 4 atom stereocenters. The molecule has 0 amide bonds. The van der Waals surface area contributed by atoms with Crippen LogP contribution in [0.25, 0.3) is 0 Å². The van der Waals surface area contributed by atoms with E-state index in [1.54, 1.807) is 0 Å². The molecule has 1 aliphatic heterocycles. The maximum atomic E-state index is 12.3. The Bertz CT molecular complexity index is 769. The lowest BCUT2D eigenvalue weighted by Crippen LogP contribution is -2.37. The van der Waals surface area contributed by atoms with Gasteiger partial charge in [-0.3, -0.25) is 14.2 Å². The Labute approximate surface area is 235 Å². The van der Waals surface area contributed by atoms with Gasteiger partial charge in [0.2, 0.25) is 0 Å². The number of ether oxygens (including phenoxy) is 3. The summed E-state index contributed by atoms with van der Waals surface area (Å²) < 4.78 is 38.2. The van der Waals surface area contributed by atoms with E-state index in [9.17, 15) is 19.0 Å². The number of quaternary nitrogens is 1. The van der Waals surface area contributed by atoms with Crippen LogP contribution in [0.5, 0.6) is 0 Å². The number of allylic oxidation sites excluding steroid dienone is 1. The molecule has 0 aromatic carbocycles. The molecular weight excluding hydrogens is 525 g/mol. The Morgan fingerprint density at radius 3 is 2.38 bits per heavy atom. The van der Waals surface area contributed by atoms with Gasteiger partial charge in [0.1, 0.15) is 19.8 Å². The first-order valence-corrected chi connectivity index (χ1v) is 15.9. The van der Waals surface area contributed by atoms with Crippen LogP contribution in [0.4, 0.5) is 0 Å². The van der Waals surface area contributed by atoms with Gasteiger partial charge in [0, 0.05) is 13.3 Å². The van der Waals surface area contributed by atoms with Gasteiger partial charge >= 0.3 is 11.9 Å². The van der Waals surface area contributed by atoms with E-state index in [1.807, 2.05) is 21.1 Å². The van der Waals surface area contributed by atoms with E-state index in [0.717, 1.165) is 44.9 Å². The van der Waals surface area contributed by atoms with Gasteiger partial charge < -0.3 is 32.6 Å². The predicted octanol–water partition coefficient (Wildman–Crippen LogP) is 4.69. The quantitative estimate of drug-likeness (QED) is 0.0401. The molecule has 1 heterocycles. The smallest absolute Gasteiger partial charge is 0.306 e. The second-order valence-electron chi connectivity index (χ2n) is 11.2. The van der Waals surface area contributed by atoms with Crippen molar-refractivity contribution in [3.8, 4) is 0 Å². The average molecular weight is 578 g/mol. The maximum absolute atomic E-state index is 12.3. The summed E-state index contributed by atoms with van der Waals surface area (Å²) in [6.07, 6.45) is 16.3. The fourth-order valence-corrected chi connectivity index (χ4v) is 4.58. The molecule has 0 aliphatic carbocycles. The summed E-state index contributed by atoms with van der Waals surface area (Å²) >= 11 is 0. The number of hydrogen-bond donors (Lipinski definition) is 0. The van der Waals surface area contributed by atoms with E-state index in [1.165, 1.54) is 26.2 Å². The molecule has 0 bridgehead atoms. The number of esters is 2. The topological polar surface area (TPSA) is 124 Å². The molecule has 10 nitrogen and oxygen atoms in total. The molecule has 228 valence electrons. The molecule has 39 heavy (non-hydrogen) atoms. The van der Waals surface area contributed by atoms with Crippen molar-refractivity contribution < 1.29 is 46.8 Å². The number of nitrogens with zero attached hydrogens (tertiary/aromatic N) is 1. The second kappa shape index (κ2) is 19.7. The van der Waals surface area contributed by atoms with E-state index in [4.69, 9.17) is 23.3 Å². The molecule has 1 fully saturated rings. The third kappa shape index (κ3) is 21.2. The summed E-state index contributed by atoms with van der Waals surface area (Å²) in [7, 11) is 1.13. The first-order valence-electron chi connectivity index (χ1n) is 14.5. The molecule has 3 unspecified atom stereocenters. The molecule has 1 saturated heterocycles. The Hall–Kier alpha value is -1.29. The summed E-state index contributed by atoms with van der Waals surface area (Å²) in [5.41, 5.74) is 0. The number of epoxide rings is 1. The lowest BCUT2D eigenvalue weighted by molar-refractivity contribution is -0.870. The van der Waals surface area contributed by atoms with Gasteiger partial charge in [-0.25, -0.2) is 0 Å². The highest BCUT2D eigenvalue weighted by atomic mass is 31.2. The van der Waals surface area contributed by atoms with Gasteiger partial charge in [-0.15, -0.1) is 0 Å². The Balaban J connectivity index is 2.17. The van der Waals surface area contributed by atoms with Crippen molar-refractivity contribution in [2.75, 3.05) is 47.5 Å². The molecule has 0 aromatic heterocycles. The SMILES string of the molecule is CCCCC/C=C\CC1OC1CCCCCCCC(=O)O[C@H](COC(C)=O)COP(=O)([O-])OCC[N+](C)(C)C. The first-order chi connectivity index (χ1) is 18.4. The number of unbranched alkanes of at least 4 members (excludes halogenated alkanes) is 7. The number of phosphoric ester groups is 1. The molecule has 0 aromatic rings. The van der Waals surface area contributed by atoms with Crippen molar-refractivity contribution in [3.63, 3.8) is 0 Å². The van der Waals surface area contributed by atoms with Crippen LogP contribution in [0.15, 0.2) is 12.2 Å². The third-order valence-electron chi connectivity index (χ3n) is 6.27. The zero-order valence-electron chi connectivity index (χ0n) is 24.8. The molecule has 0 saturated carbocycles. The molecule has 1 rings (SSSR count). The van der Waals surface area contributed by atoms with Crippen molar-refractivity contribution in [2.45, 2.75) is 109 Å². The molecule has 0 radical (unpaired) electrons. The highest BCUT2D eigenvalue weighted by molar-refractivity contribution is 7.45. The minimum absolute atomic E-state index is 0.0382. The number of phosphoric acid groups is 1. The number of carbonyl (C=O) groups is 2. The highest BCUT2D eigenvalue weighted by Gasteiger charge is 2.36. The summed E-state index contributed by atoms with van der Waals surface area (Å²) in [6, 6.07) is 0. The first kappa shape index (κ1) is 35.7. The van der Waals surface area contributed by atoms with E-state index >= 15 is 0 Å². The van der Waals surface area contributed by atoms with Crippen LogP contribution < -0.4 is 4.89 Å². The number of likely N-dealkylation sites (N-methyl/N-ethyl adjacent to an activating group) is 1. The molecular formula is C28H52NO9P. The molecule has 0 spiro atoms. The van der Waals surface area contributed by atoms with Gasteiger partial charge in [-0.05, 0) is 32.1 Å². The molecule has 11 heteroatoms. The summed E-state index contributed by atoms with van der Waals surface area (Å²) in [5.74, 6) is -1.05. The van der Waals surface area contributed by atoms with Crippen LogP contribution in [0.1, 0.15) is 90.9 Å². The van der Waals surface area contributed by atoms with E-state index in [2.05, 4.69) is 19.1 Å². The van der Waals surface area contributed by atoms with Gasteiger partial charge in [0.05, 0.1) is 40.0 Å². The lowest BCUT2D eigenvalue weighted by atomic mass is 10.1. The standard InChI is InChI=1S/C28H52NO9P/c1-6-7-8-9-11-14-17-26-27(38-26)18-15-12-10-13-16-19-28(31)37-25(22-34-24(2)30)23-36-39(32,33)35-21-20-29(3,4)5/h11,14,25-27H,6-10,12-13,15-23H2,1-5H3/b14-11-/t25-,26?,27?/m1/s1. The van der Waals surface area contributed by atoms with Crippen LogP contribution in [-0.4, -0.2) is 82.2 Å². The average Bonchev–Trinajstić information content (AvgIpc) is 3.59. The minimum atomic E-state index is -4.58. The number of carbonyl (C=O) groups excluding carboxylic acids is 2. The van der Waals surface area contributed by atoms with Gasteiger partial charge in [0.25, 0.3) is 7.82 Å². The maximum Gasteiger partial charge on any atom is 0.306 e. The van der Waals surface area contributed by atoms with Crippen molar-refractivity contribution in [2.24, 2.45) is 0 Å². The van der Waals surface area contributed by atoms with Crippen LogP contribution in [0.2, 0.25) is 0 Å². The fourth-order valence-electron chi connectivity index (χ4n) is 3.86. The van der Waals surface area contributed by atoms with Crippen molar-refractivity contribution in [1.82, 2.24) is 0 Å². The Morgan fingerprint density at radius 2 is 1.69 bits per heavy atom. The minimum Gasteiger partial charge on any atom is -0.756 e. The van der Waals surface area contributed by atoms with E-state index in [-0.39, 0.29) is 19.6 Å². The predicted molar refractivity (Wildman–Crippen MR) is 148 cm³/mol. The number of hydrogen-bond acceptors (Lipinski definition) is 9. The van der Waals surface area contributed by atoms with Gasteiger partial charge in [-0.2, -0.15) is 0 Å². The highest BCUT2D eigenvalue weighted by Crippen LogP contribution is 2.38. The summed E-state index contributed by atoms with van der Waals surface area (Å²) in [5, 5.41) is 0. The van der Waals surface area contributed by atoms with E-state index < -0.39 is 32.5 Å². The summed E-state index contributed by atoms with van der Waals surface area (Å²) in [6.45, 7) is 3.08. The van der Waals surface area contributed by atoms with Gasteiger partial charge in [-0.1, -0.05) is 57.6 Å². The zero-order valence-corrected chi connectivity index (χ0v) is 25.7.